The van der Waals surface area contributed by atoms with Crippen molar-refractivity contribution < 1.29 is 4.79 Å². The van der Waals surface area contributed by atoms with Crippen molar-refractivity contribution in [1.29, 1.82) is 0 Å². The van der Waals surface area contributed by atoms with Crippen LogP contribution in [0.2, 0.25) is 0 Å². The van der Waals surface area contributed by atoms with Crippen molar-refractivity contribution in [2.45, 2.75) is 45.1 Å². The number of carbonyl (C=O) groups is 1. The van der Waals surface area contributed by atoms with E-state index in [0.717, 1.165) is 36.3 Å². The molecule has 2 aromatic rings. The second kappa shape index (κ2) is 5.98. The van der Waals surface area contributed by atoms with Crippen LogP contribution in [0.15, 0.2) is 34.4 Å². The largest absolute Gasteiger partial charge is 0.304 e. The Balaban J connectivity index is 2.18. The van der Waals surface area contributed by atoms with Gasteiger partial charge in [0, 0.05) is 6.04 Å². The van der Waals surface area contributed by atoms with Crippen LogP contribution in [-0.4, -0.2) is 10.4 Å². The molecule has 1 aliphatic rings. The third-order valence-corrected chi connectivity index (χ3v) is 5.10. The molecule has 21 heavy (non-hydrogen) atoms. The van der Waals surface area contributed by atoms with Gasteiger partial charge in [-0.25, -0.2) is 0 Å². The van der Waals surface area contributed by atoms with Gasteiger partial charge < -0.3 is 4.57 Å². The molecule has 0 unspecified atom stereocenters. The standard InChI is InChI=1S/C17H19NO2S/c1-12(19)14-9-10-15(16-8-5-11-21-16)18(17(14)20)13-6-3-2-4-7-13/h5,8-11,13H,2-4,6-7H2,1H3. The normalized spacial score (nSPS) is 16.0. The molecule has 0 spiro atoms. The van der Waals surface area contributed by atoms with Crippen LogP contribution in [0.25, 0.3) is 10.6 Å². The topological polar surface area (TPSA) is 39.1 Å². The highest BCUT2D eigenvalue weighted by molar-refractivity contribution is 7.13. The van der Waals surface area contributed by atoms with Gasteiger partial charge in [-0.05, 0) is 43.3 Å². The molecule has 0 amide bonds. The van der Waals surface area contributed by atoms with E-state index in [2.05, 4.69) is 0 Å². The zero-order valence-corrected chi connectivity index (χ0v) is 13.0. The number of ketones is 1. The zero-order valence-electron chi connectivity index (χ0n) is 12.2. The molecule has 0 bridgehead atoms. The summed E-state index contributed by atoms with van der Waals surface area (Å²) in [5, 5.41) is 2.02. The van der Waals surface area contributed by atoms with Crippen molar-refractivity contribution in [2.75, 3.05) is 0 Å². The lowest BCUT2D eigenvalue weighted by molar-refractivity contribution is 0.101. The van der Waals surface area contributed by atoms with E-state index in [1.165, 1.54) is 13.3 Å². The number of nitrogens with zero attached hydrogens (tertiary/aromatic N) is 1. The molecule has 0 aliphatic heterocycles. The Labute approximate surface area is 128 Å². The monoisotopic (exact) mass is 301 g/mol. The molecule has 3 nitrogen and oxygen atoms in total. The SMILES string of the molecule is CC(=O)c1ccc(-c2cccs2)n(C2CCCCC2)c1=O. The molecular weight excluding hydrogens is 282 g/mol. The van der Waals surface area contributed by atoms with Gasteiger partial charge in [-0.2, -0.15) is 0 Å². The summed E-state index contributed by atoms with van der Waals surface area (Å²) in [6.45, 7) is 1.47. The minimum absolute atomic E-state index is 0.125. The summed E-state index contributed by atoms with van der Waals surface area (Å²) in [6, 6.07) is 7.86. The Bertz CT molecular complexity index is 694. The van der Waals surface area contributed by atoms with Gasteiger partial charge in [-0.3, -0.25) is 9.59 Å². The van der Waals surface area contributed by atoms with Crippen molar-refractivity contribution in [2.24, 2.45) is 0 Å². The molecule has 110 valence electrons. The number of rotatable bonds is 3. The van der Waals surface area contributed by atoms with E-state index >= 15 is 0 Å². The predicted octanol–water partition coefficient (Wildman–Crippen LogP) is 4.28. The first-order valence-corrected chi connectivity index (χ1v) is 8.37. The van der Waals surface area contributed by atoms with E-state index in [-0.39, 0.29) is 17.4 Å². The maximum absolute atomic E-state index is 12.8. The second-order valence-corrected chi connectivity index (χ2v) is 6.58. The molecule has 2 heterocycles. The Hall–Kier alpha value is -1.68. The summed E-state index contributed by atoms with van der Waals surface area (Å²) < 4.78 is 1.88. The highest BCUT2D eigenvalue weighted by Crippen LogP contribution is 2.32. The van der Waals surface area contributed by atoms with Gasteiger partial charge in [0.2, 0.25) is 0 Å². The summed E-state index contributed by atoms with van der Waals surface area (Å²) in [5.74, 6) is -0.151. The van der Waals surface area contributed by atoms with Gasteiger partial charge >= 0.3 is 0 Å². The van der Waals surface area contributed by atoms with Crippen molar-refractivity contribution in [3.63, 3.8) is 0 Å². The highest BCUT2D eigenvalue weighted by Gasteiger charge is 2.22. The predicted molar refractivity (Wildman–Crippen MR) is 86.1 cm³/mol. The van der Waals surface area contributed by atoms with Crippen LogP contribution in [0.3, 0.4) is 0 Å². The van der Waals surface area contributed by atoms with Crippen molar-refractivity contribution in [3.05, 3.63) is 45.6 Å². The van der Waals surface area contributed by atoms with Crippen molar-refractivity contribution >= 4 is 17.1 Å². The fourth-order valence-electron chi connectivity index (χ4n) is 3.15. The summed E-state index contributed by atoms with van der Waals surface area (Å²) in [5.41, 5.74) is 1.13. The lowest BCUT2D eigenvalue weighted by Crippen LogP contribution is -2.31. The van der Waals surface area contributed by atoms with Crippen LogP contribution in [0.4, 0.5) is 0 Å². The summed E-state index contributed by atoms with van der Waals surface area (Å²) >= 11 is 1.63. The molecule has 0 atom stereocenters. The Kier molecular flexibility index (Phi) is 4.06. The second-order valence-electron chi connectivity index (χ2n) is 5.63. The molecule has 0 radical (unpaired) electrons. The van der Waals surface area contributed by atoms with E-state index < -0.39 is 0 Å². The van der Waals surface area contributed by atoms with Crippen LogP contribution < -0.4 is 5.56 Å². The zero-order chi connectivity index (χ0) is 14.8. The molecular formula is C17H19NO2S. The summed E-state index contributed by atoms with van der Waals surface area (Å²) in [4.78, 5) is 25.6. The number of hydrogen-bond acceptors (Lipinski definition) is 3. The number of pyridine rings is 1. The summed E-state index contributed by atoms with van der Waals surface area (Å²) in [7, 11) is 0. The Morgan fingerprint density at radius 3 is 2.57 bits per heavy atom. The molecule has 3 rings (SSSR count). The van der Waals surface area contributed by atoms with Gasteiger partial charge in [0.15, 0.2) is 5.78 Å². The smallest absolute Gasteiger partial charge is 0.262 e. The average Bonchev–Trinajstić information content (AvgIpc) is 3.01. The van der Waals surface area contributed by atoms with Gasteiger partial charge in [-0.1, -0.05) is 25.3 Å². The van der Waals surface area contributed by atoms with Gasteiger partial charge in [0.1, 0.15) is 0 Å². The quantitative estimate of drug-likeness (QED) is 0.794. The molecule has 1 fully saturated rings. The van der Waals surface area contributed by atoms with Crippen LogP contribution in [0, 0.1) is 0 Å². The maximum Gasteiger partial charge on any atom is 0.262 e. The number of aromatic nitrogens is 1. The van der Waals surface area contributed by atoms with Crippen LogP contribution in [0.1, 0.15) is 55.4 Å². The van der Waals surface area contributed by atoms with Gasteiger partial charge in [0.25, 0.3) is 5.56 Å². The minimum atomic E-state index is -0.151. The molecule has 1 aliphatic carbocycles. The fraction of sp³-hybridized carbons (Fsp3) is 0.412. The number of carbonyl (C=O) groups excluding carboxylic acids is 1. The van der Waals surface area contributed by atoms with E-state index in [4.69, 9.17) is 0 Å². The van der Waals surface area contributed by atoms with E-state index in [0.29, 0.717) is 5.56 Å². The van der Waals surface area contributed by atoms with E-state index in [1.54, 1.807) is 17.4 Å². The maximum atomic E-state index is 12.8. The first-order valence-electron chi connectivity index (χ1n) is 7.49. The average molecular weight is 301 g/mol. The third kappa shape index (κ3) is 2.72. The van der Waals surface area contributed by atoms with Gasteiger partial charge in [-0.15, -0.1) is 11.3 Å². The molecule has 0 aromatic carbocycles. The number of thiophene rings is 1. The molecule has 1 saturated carbocycles. The number of Topliss-reactive ketones (excluding diaryl/α,β-unsaturated/α-hetero) is 1. The molecule has 4 heteroatoms. The lowest BCUT2D eigenvalue weighted by Gasteiger charge is -2.26. The van der Waals surface area contributed by atoms with Crippen molar-refractivity contribution in [3.8, 4) is 10.6 Å². The van der Waals surface area contributed by atoms with Gasteiger partial charge in [0.05, 0.1) is 16.1 Å². The van der Waals surface area contributed by atoms with Crippen molar-refractivity contribution in [1.82, 2.24) is 4.57 Å². The fourth-order valence-corrected chi connectivity index (χ4v) is 3.90. The first-order chi connectivity index (χ1) is 10.2. The van der Waals surface area contributed by atoms with E-state index in [1.807, 2.05) is 28.1 Å². The Morgan fingerprint density at radius 1 is 1.19 bits per heavy atom. The van der Waals surface area contributed by atoms with Crippen LogP contribution in [-0.2, 0) is 0 Å². The minimum Gasteiger partial charge on any atom is -0.304 e. The van der Waals surface area contributed by atoms with Crippen LogP contribution in [0.5, 0.6) is 0 Å². The molecule has 0 N–H and O–H groups in total. The lowest BCUT2D eigenvalue weighted by atomic mass is 9.94. The first kappa shape index (κ1) is 14.3. The molecule has 0 saturated heterocycles. The van der Waals surface area contributed by atoms with E-state index in [9.17, 15) is 9.59 Å². The Morgan fingerprint density at radius 2 is 1.95 bits per heavy atom. The molecule has 2 aromatic heterocycles. The summed E-state index contributed by atoms with van der Waals surface area (Å²) in [6.07, 6.45) is 5.61. The number of hydrogen-bond donors (Lipinski definition) is 0. The van der Waals surface area contributed by atoms with Crippen LogP contribution >= 0.6 is 11.3 Å². The third-order valence-electron chi connectivity index (χ3n) is 4.21. The highest BCUT2D eigenvalue weighted by atomic mass is 32.1.